The van der Waals surface area contributed by atoms with Crippen molar-refractivity contribution in [3.8, 4) is 0 Å². The number of nitrogens with one attached hydrogen (secondary N) is 2. The van der Waals surface area contributed by atoms with Crippen molar-refractivity contribution in [2.24, 2.45) is 17.8 Å². The predicted molar refractivity (Wildman–Crippen MR) is 89.8 cm³/mol. The molecule has 0 saturated heterocycles. The molecule has 1 fully saturated rings. The Balaban J connectivity index is 1.70. The van der Waals surface area contributed by atoms with E-state index in [1.807, 2.05) is 20.8 Å². The van der Waals surface area contributed by atoms with Crippen LogP contribution < -0.4 is 10.6 Å². The minimum absolute atomic E-state index is 0.321. The lowest BCUT2D eigenvalue weighted by Crippen LogP contribution is -2.44. The lowest BCUT2D eigenvalue weighted by molar-refractivity contribution is 0.0521. The van der Waals surface area contributed by atoms with E-state index in [0.29, 0.717) is 12.6 Å². The van der Waals surface area contributed by atoms with Crippen LogP contribution in [0.3, 0.4) is 0 Å². The Morgan fingerprint density at radius 1 is 1.32 bits per heavy atom. The monoisotopic (exact) mass is 308 g/mol. The quantitative estimate of drug-likeness (QED) is 0.708. The number of rotatable bonds is 7. The van der Waals surface area contributed by atoms with Gasteiger partial charge in [0.25, 0.3) is 0 Å². The Kier molecular flexibility index (Phi) is 5.90. The van der Waals surface area contributed by atoms with Crippen molar-refractivity contribution in [1.29, 1.82) is 0 Å². The van der Waals surface area contributed by atoms with E-state index in [4.69, 9.17) is 4.74 Å². The second-order valence-electron chi connectivity index (χ2n) is 7.82. The van der Waals surface area contributed by atoms with Crippen LogP contribution in [-0.2, 0) is 4.74 Å². The van der Waals surface area contributed by atoms with Crippen LogP contribution in [0.2, 0.25) is 0 Å². The summed E-state index contributed by atoms with van der Waals surface area (Å²) >= 11 is 0. The largest absolute Gasteiger partial charge is 0.444 e. The van der Waals surface area contributed by atoms with E-state index in [-0.39, 0.29) is 6.09 Å². The molecular formula is C18H32N2O2. The molecule has 0 aromatic carbocycles. The Labute approximate surface area is 135 Å². The van der Waals surface area contributed by atoms with Gasteiger partial charge in [-0.05, 0) is 64.3 Å². The molecule has 0 heterocycles. The molecule has 2 rings (SSSR count). The number of ether oxygens (including phenoxy) is 1. The summed E-state index contributed by atoms with van der Waals surface area (Å²) < 4.78 is 5.30. The molecular weight excluding hydrogens is 276 g/mol. The Bertz CT molecular complexity index is 400. The molecule has 22 heavy (non-hydrogen) atoms. The van der Waals surface area contributed by atoms with E-state index < -0.39 is 5.60 Å². The standard InChI is InChI=1S/C18H32N2O2/c1-5-6-16(12-20-17(21)22-18(2,3)4)19-11-15-10-13-7-8-14(15)9-13/h7-8,13-16,19H,5-6,9-12H2,1-4H3,(H,20,21). The van der Waals surface area contributed by atoms with Crippen LogP contribution in [0.5, 0.6) is 0 Å². The lowest BCUT2D eigenvalue weighted by Gasteiger charge is -2.25. The SMILES string of the molecule is CCCC(CNC(=O)OC(C)(C)C)NCC1CC2C=CC1C2. The lowest BCUT2D eigenvalue weighted by atomic mass is 9.93. The van der Waals surface area contributed by atoms with Gasteiger partial charge in [0.1, 0.15) is 5.60 Å². The first kappa shape index (κ1) is 17.3. The Hall–Kier alpha value is -1.03. The summed E-state index contributed by atoms with van der Waals surface area (Å²) in [6, 6.07) is 0.334. The maximum Gasteiger partial charge on any atom is 0.407 e. The summed E-state index contributed by atoms with van der Waals surface area (Å²) in [7, 11) is 0. The van der Waals surface area contributed by atoms with Crippen molar-refractivity contribution in [3.63, 3.8) is 0 Å². The molecule has 2 bridgehead atoms. The maximum atomic E-state index is 11.8. The predicted octanol–water partition coefficient (Wildman–Crippen LogP) is 3.48. The summed E-state index contributed by atoms with van der Waals surface area (Å²) in [6.45, 7) is 9.54. The molecule has 0 spiro atoms. The minimum atomic E-state index is -0.437. The van der Waals surface area contributed by atoms with Crippen molar-refractivity contribution in [1.82, 2.24) is 10.6 Å². The first-order chi connectivity index (χ1) is 10.4. The summed E-state index contributed by atoms with van der Waals surface area (Å²) in [5.41, 5.74) is -0.437. The Morgan fingerprint density at radius 2 is 2.09 bits per heavy atom. The second kappa shape index (κ2) is 7.49. The highest BCUT2D eigenvalue weighted by Gasteiger charge is 2.35. The van der Waals surface area contributed by atoms with Crippen molar-refractivity contribution in [2.75, 3.05) is 13.1 Å². The zero-order valence-electron chi connectivity index (χ0n) is 14.5. The highest BCUT2D eigenvalue weighted by atomic mass is 16.6. The van der Waals surface area contributed by atoms with Crippen LogP contribution in [0.15, 0.2) is 12.2 Å². The van der Waals surface area contributed by atoms with Gasteiger partial charge in [-0.3, -0.25) is 0 Å². The third-order valence-electron chi connectivity index (χ3n) is 4.61. The van der Waals surface area contributed by atoms with E-state index >= 15 is 0 Å². The molecule has 4 unspecified atom stereocenters. The van der Waals surface area contributed by atoms with Gasteiger partial charge in [0.15, 0.2) is 0 Å². The fourth-order valence-electron chi connectivity index (χ4n) is 3.59. The van der Waals surface area contributed by atoms with Crippen LogP contribution in [0.25, 0.3) is 0 Å². The summed E-state index contributed by atoms with van der Waals surface area (Å²) in [6.07, 6.45) is 9.33. The third-order valence-corrected chi connectivity index (χ3v) is 4.61. The minimum Gasteiger partial charge on any atom is -0.444 e. The second-order valence-corrected chi connectivity index (χ2v) is 7.82. The topological polar surface area (TPSA) is 50.4 Å². The Morgan fingerprint density at radius 3 is 2.64 bits per heavy atom. The smallest absolute Gasteiger partial charge is 0.407 e. The van der Waals surface area contributed by atoms with Gasteiger partial charge in [-0.2, -0.15) is 0 Å². The molecule has 2 aliphatic carbocycles. The summed E-state index contributed by atoms with van der Waals surface area (Å²) in [5, 5.41) is 6.56. The van der Waals surface area contributed by atoms with E-state index in [1.54, 1.807) is 0 Å². The molecule has 1 saturated carbocycles. The molecule has 0 aromatic heterocycles. The van der Waals surface area contributed by atoms with Gasteiger partial charge in [-0.15, -0.1) is 0 Å². The molecule has 2 N–H and O–H groups in total. The molecule has 4 heteroatoms. The molecule has 2 aliphatic rings. The summed E-state index contributed by atoms with van der Waals surface area (Å²) in [5.74, 6) is 2.37. The van der Waals surface area contributed by atoms with Gasteiger partial charge in [0.05, 0.1) is 0 Å². The zero-order valence-corrected chi connectivity index (χ0v) is 14.5. The van der Waals surface area contributed by atoms with Crippen LogP contribution in [-0.4, -0.2) is 30.8 Å². The van der Waals surface area contributed by atoms with Gasteiger partial charge in [-0.1, -0.05) is 25.5 Å². The van der Waals surface area contributed by atoms with E-state index in [1.165, 1.54) is 12.8 Å². The van der Waals surface area contributed by atoms with Gasteiger partial charge >= 0.3 is 6.09 Å². The average molecular weight is 308 g/mol. The zero-order chi connectivity index (χ0) is 16.2. The van der Waals surface area contributed by atoms with Gasteiger partial charge in [0.2, 0.25) is 0 Å². The first-order valence-corrected chi connectivity index (χ1v) is 8.76. The molecule has 4 atom stereocenters. The number of carbonyl (C=O) groups excluding carboxylic acids is 1. The molecule has 0 aromatic rings. The van der Waals surface area contributed by atoms with Crippen molar-refractivity contribution in [2.45, 2.75) is 65.0 Å². The number of fused-ring (bicyclic) bond motifs is 2. The van der Waals surface area contributed by atoms with E-state index in [9.17, 15) is 4.79 Å². The molecule has 1 amide bonds. The fourth-order valence-corrected chi connectivity index (χ4v) is 3.59. The van der Waals surface area contributed by atoms with Gasteiger partial charge in [-0.25, -0.2) is 4.79 Å². The third kappa shape index (κ3) is 5.31. The van der Waals surface area contributed by atoms with E-state index in [2.05, 4.69) is 29.7 Å². The molecule has 0 aliphatic heterocycles. The molecule has 126 valence electrons. The van der Waals surface area contributed by atoms with Crippen LogP contribution in [0.4, 0.5) is 4.79 Å². The fraction of sp³-hybridized carbons (Fsp3) is 0.833. The molecule has 4 nitrogen and oxygen atoms in total. The first-order valence-electron chi connectivity index (χ1n) is 8.76. The van der Waals surface area contributed by atoms with Gasteiger partial charge in [0, 0.05) is 12.6 Å². The molecule has 0 radical (unpaired) electrons. The average Bonchev–Trinajstić information content (AvgIpc) is 3.02. The number of hydrogen-bond donors (Lipinski definition) is 2. The van der Waals surface area contributed by atoms with Crippen molar-refractivity contribution in [3.05, 3.63) is 12.2 Å². The number of amides is 1. The normalized spacial score (nSPS) is 27.9. The van der Waals surface area contributed by atoms with Gasteiger partial charge < -0.3 is 15.4 Å². The number of allylic oxidation sites excluding steroid dienone is 2. The van der Waals surface area contributed by atoms with E-state index in [0.717, 1.165) is 37.1 Å². The summed E-state index contributed by atoms with van der Waals surface area (Å²) in [4.78, 5) is 11.8. The van der Waals surface area contributed by atoms with Crippen LogP contribution >= 0.6 is 0 Å². The number of alkyl carbamates (subject to hydrolysis) is 1. The highest BCUT2D eigenvalue weighted by Crippen LogP contribution is 2.42. The van der Waals surface area contributed by atoms with Crippen LogP contribution in [0.1, 0.15) is 53.4 Å². The van der Waals surface area contributed by atoms with Crippen molar-refractivity contribution < 1.29 is 9.53 Å². The number of hydrogen-bond acceptors (Lipinski definition) is 3. The number of carbonyl (C=O) groups is 1. The highest BCUT2D eigenvalue weighted by molar-refractivity contribution is 5.67. The van der Waals surface area contributed by atoms with Crippen molar-refractivity contribution >= 4 is 6.09 Å². The van der Waals surface area contributed by atoms with Crippen LogP contribution in [0, 0.1) is 17.8 Å². The maximum absolute atomic E-state index is 11.8.